The summed E-state index contributed by atoms with van der Waals surface area (Å²) in [6.45, 7) is 1.76. The molecule has 0 saturated carbocycles. The second kappa shape index (κ2) is 5.97. The fourth-order valence-electron chi connectivity index (χ4n) is 2.41. The van der Waals surface area contributed by atoms with Crippen LogP contribution in [0.15, 0.2) is 24.3 Å². The number of piperidine rings is 1. The first-order valence-corrected chi connectivity index (χ1v) is 7.18. The molecule has 0 radical (unpaired) electrons. The molecule has 106 valence electrons. The molecule has 0 atom stereocenters. The van der Waals surface area contributed by atoms with E-state index in [1.807, 2.05) is 0 Å². The summed E-state index contributed by atoms with van der Waals surface area (Å²) in [4.78, 5) is 2.15. The van der Waals surface area contributed by atoms with Crippen LogP contribution in [0.1, 0.15) is 29.9 Å². The maximum atomic E-state index is 12.5. The maximum Gasteiger partial charge on any atom is 0.416 e. The topological polar surface area (TPSA) is 3.24 Å². The third-order valence-electron chi connectivity index (χ3n) is 3.57. The summed E-state index contributed by atoms with van der Waals surface area (Å²) in [5.74, 6) is 0.332. The molecular weight excluding hydrogens is 291 g/mol. The predicted octanol–water partition coefficient (Wildman–Crippen LogP) is 4.03. The van der Waals surface area contributed by atoms with E-state index in [4.69, 9.17) is 0 Å². The zero-order valence-corrected chi connectivity index (χ0v) is 12.1. The van der Waals surface area contributed by atoms with Crippen LogP contribution in [0.4, 0.5) is 13.2 Å². The minimum absolute atomic E-state index is 0.0615. The lowest BCUT2D eigenvalue weighted by Gasteiger charge is -2.33. The van der Waals surface area contributed by atoms with E-state index in [2.05, 4.69) is 30.2 Å². The fraction of sp³-hybridized carbons (Fsp3) is 0.538. The molecule has 1 aliphatic heterocycles. The SMILES string of the molecule is FC(F)(F)c1ccc(C2CCN(C(S)S)CC2)cc1. The van der Waals surface area contributed by atoms with Crippen molar-refractivity contribution in [2.75, 3.05) is 13.1 Å². The molecule has 0 aromatic heterocycles. The van der Waals surface area contributed by atoms with Gasteiger partial charge in [-0.1, -0.05) is 12.1 Å². The third-order valence-corrected chi connectivity index (χ3v) is 4.22. The number of likely N-dealkylation sites (tertiary alicyclic amines) is 1. The molecule has 19 heavy (non-hydrogen) atoms. The van der Waals surface area contributed by atoms with Gasteiger partial charge in [-0.25, -0.2) is 0 Å². The Kier molecular flexibility index (Phi) is 4.74. The van der Waals surface area contributed by atoms with Crippen LogP contribution in [0.2, 0.25) is 0 Å². The molecule has 6 heteroatoms. The first-order chi connectivity index (χ1) is 8.88. The van der Waals surface area contributed by atoms with Gasteiger partial charge in [-0.2, -0.15) is 13.2 Å². The van der Waals surface area contributed by atoms with Gasteiger partial charge in [0.25, 0.3) is 0 Å². The van der Waals surface area contributed by atoms with Crippen molar-refractivity contribution in [1.82, 2.24) is 4.90 Å². The largest absolute Gasteiger partial charge is 0.416 e. The summed E-state index contributed by atoms with van der Waals surface area (Å²) in [5, 5.41) is 0. The van der Waals surface area contributed by atoms with E-state index in [1.165, 1.54) is 12.1 Å². The second-order valence-corrected chi connectivity index (χ2v) is 6.16. The van der Waals surface area contributed by atoms with Crippen LogP contribution >= 0.6 is 25.3 Å². The predicted molar refractivity (Wildman–Crippen MR) is 76.8 cm³/mol. The van der Waals surface area contributed by atoms with Gasteiger partial charge >= 0.3 is 6.18 Å². The molecule has 1 aromatic rings. The normalized spacial score (nSPS) is 19.1. The summed E-state index contributed by atoms with van der Waals surface area (Å²) in [6, 6.07) is 5.54. The van der Waals surface area contributed by atoms with Crippen molar-refractivity contribution in [3.8, 4) is 0 Å². The highest BCUT2D eigenvalue weighted by Gasteiger charge is 2.30. The van der Waals surface area contributed by atoms with Gasteiger partial charge < -0.3 is 0 Å². The van der Waals surface area contributed by atoms with Crippen molar-refractivity contribution in [1.29, 1.82) is 0 Å². The van der Waals surface area contributed by atoms with Gasteiger partial charge in [0.2, 0.25) is 0 Å². The lowest BCUT2D eigenvalue weighted by molar-refractivity contribution is -0.137. The molecule has 0 amide bonds. The van der Waals surface area contributed by atoms with Gasteiger partial charge in [-0.3, -0.25) is 4.90 Å². The molecule has 0 N–H and O–H groups in total. The lowest BCUT2D eigenvalue weighted by Crippen LogP contribution is -2.35. The zero-order chi connectivity index (χ0) is 14.0. The number of hydrogen-bond donors (Lipinski definition) is 2. The Labute approximate surface area is 122 Å². The summed E-state index contributed by atoms with van der Waals surface area (Å²) >= 11 is 8.54. The van der Waals surface area contributed by atoms with Crippen LogP contribution in [-0.4, -0.2) is 22.7 Å². The second-order valence-electron chi connectivity index (χ2n) is 4.78. The molecule has 1 aliphatic rings. The number of alkyl halides is 3. The fourth-order valence-corrected chi connectivity index (χ4v) is 2.87. The number of thiol groups is 2. The van der Waals surface area contributed by atoms with Crippen LogP contribution in [-0.2, 0) is 6.18 Å². The highest BCUT2D eigenvalue weighted by atomic mass is 32.2. The van der Waals surface area contributed by atoms with Crippen LogP contribution < -0.4 is 0 Å². The minimum atomic E-state index is -4.26. The summed E-state index contributed by atoms with van der Waals surface area (Å²) in [5.41, 5.74) is 0.405. The summed E-state index contributed by atoms with van der Waals surface area (Å²) in [7, 11) is 0. The highest BCUT2D eigenvalue weighted by Crippen LogP contribution is 2.33. The molecule has 0 unspecified atom stereocenters. The Hall–Kier alpha value is -0.330. The van der Waals surface area contributed by atoms with Gasteiger partial charge in [-0.15, -0.1) is 25.3 Å². The summed E-state index contributed by atoms with van der Waals surface area (Å²) < 4.78 is 37.4. The Morgan fingerprint density at radius 3 is 2.00 bits per heavy atom. The maximum absolute atomic E-state index is 12.5. The Bertz CT molecular complexity index is 409. The summed E-state index contributed by atoms with van der Waals surface area (Å²) in [6.07, 6.45) is -2.39. The van der Waals surface area contributed by atoms with E-state index in [0.29, 0.717) is 5.92 Å². The van der Waals surface area contributed by atoms with E-state index >= 15 is 0 Å². The van der Waals surface area contributed by atoms with E-state index in [1.54, 1.807) is 12.1 Å². The number of halogens is 3. The third kappa shape index (κ3) is 3.83. The van der Waals surface area contributed by atoms with Gasteiger partial charge in [0, 0.05) is 13.1 Å². The van der Waals surface area contributed by atoms with Gasteiger partial charge in [-0.05, 0) is 36.5 Å². The number of nitrogens with zero attached hydrogens (tertiary/aromatic N) is 1. The molecule has 1 saturated heterocycles. The number of hydrogen-bond acceptors (Lipinski definition) is 3. The number of benzene rings is 1. The first-order valence-electron chi connectivity index (χ1n) is 6.15. The Balaban J connectivity index is 2.00. The van der Waals surface area contributed by atoms with E-state index in [9.17, 15) is 13.2 Å². The van der Waals surface area contributed by atoms with E-state index < -0.39 is 11.7 Å². The monoisotopic (exact) mass is 307 g/mol. The van der Waals surface area contributed by atoms with Crippen LogP contribution in [0.25, 0.3) is 0 Å². The standard InChI is InChI=1S/C13H16F3NS2/c14-13(15,16)11-3-1-9(2-4-11)10-5-7-17(8-6-10)12(18)19/h1-4,10,12,18-19H,5-8H2. The zero-order valence-electron chi connectivity index (χ0n) is 10.3. The van der Waals surface area contributed by atoms with Crippen molar-refractivity contribution in [2.45, 2.75) is 29.6 Å². The molecular formula is C13H16F3NS2. The van der Waals surface area contributed by atoms with Gasteiger partial charge in [0.05, 0.1) is 10.3 Å². The minimum Gasteiger partial charge on any atom is -0.283 e. The van der Waals surface area contributed by atoms with Crippen molar-refractivity contribution < 1.29 is 13.2 Å². The molecule has 0 aliphatic carbocycles. The Morgan fingerprint density at radius 1 is 1.05 bits per heavy atom. The van der Waals surface area contributed by atoms with Crippen molar-refractivity contribution in [3.63, 3.8) is 0 Å². The van der Waals surface area contributed by atoms with Crippen LogP contribution in [0.5, 0.6) is 0 Å². The van der Waals surface area contributed by atoms with Crippen molar-refractivity contribution in [2.24, 2.45) is 0 Å². The van der Waals surface area contributed by atoms with Gasteiger partial charge in [0.1, 0.15) is 0 Å². The lowest BCUT2D eigenvalue weighted by atomic mass is 9.89. The van der Waals surface area contributed by atoms with Crippen LogP contribution in [0, 0.1) is 0 Å². The van der Waals surface area contributed by atoms with Crippen molar-refractivity contribution >= 4 is 25.3 Å². The molecule has 2 rings (SSSR count). The molecule has 1 fully saturated rings. The van der Waals surface area contributed by atoms with E-state index in [-0.39, 0.29) is 4.71 Å². The first kappa shape index (κ1) is 15.1. The van der Waals surface area contributed by atoms with Crippen LogP contribution in [0.3, 0.4) is 0 Å². The highest BCUT2D eigenvalue weighted by molar-refractivity contribution is 7.99. The molecule has 1 aromatic carbocycles. The van der Waals surface area contributed by atoms with Crippen molar-refractivity contribution in [3.05, 3.63) is 35.4 Å². The molecule has 0 bridgehead atoms. The number of rotatable bonds is 2. The average molecular weight is 307 g/mol. The molecule has 0 spiro atoms. The molecule has 1 nitrogen and oxygen atoms in total. The van der Waals surface area contributed by atoms with Gasteiger partial charge in [0.15, 0.2) is 0 Å². The molecule has 1 heterocycles. The average Bonchev–Trinajstić information content (AvgIpc) is 2.38. The quantitative estimate of drug-likeness (QED) is 0.616. The van der Waals surface area contributed by atoms with E-state index in [0.717, 1.165) is 31.5 Å². The Morgan fingerprint density at radius 2 is 1.58 bits per heavy atom. The smallest absolute Gasteiger partial charge is 0.283 e.